The number of nitrogens with zero attached hydrogens (tertiary/aromatic N) is 1. The zero-order valence-corrected chi connectivity index (χ0v) is 10.9. The number of halogens is 1. The van der Waals surface area contributed by atoms with Crippen LogP contribution in [0.3, 0.4) is 0 Å². The molecule has 0 fully saturated rings. The molecule has 0 bridgehead atoms. The third kappa shape index (κ3) is 4.20. The highest BCUT2D eigenvalue weighted by atomic mass is 19.1. The van der Waals surface area contributed by atoms with E-state index in [1.807, 2.05) is 0 Å². The largest absolute Gasteiger partial charge is 0.494 e. The van der Waals surface area contributed by atoms with Crippen LogP contribution in [0.4, 0.5) is 9.18 Å². The van der Waals surface area contributed by atoms with E-state index in [1.54, 1.807) is 20.8 Å². The summed E-state index contributed by atoms with van der Waals surface area (Å²) in [5.41, 5.74) is -0.495. The summed E-state index contributed by atoms with van der Waals surface area (Å²) in [7, 11) is 1.36. The molecule has 1 N–H and O–H groups in total. The number of amides is 1. The maximum absolute atomic E-state index is 13.7. The number of pyridine rings is 1. The van der Waals surface area contributed by atoms with Crippen molar-refractivity contribution in [1.29, 1.82) is 0 Å². The Bertz CT molecular complexity index is 430. The molecule has 1 amide bonds. The van der Waals surface area contributed by atoms with Crippen molar-refractivity contribution >= 4 is 6.09 Å². The van der Waals surface area contributed by atoms with Crippen LogP contribution in [0.2, 0.25) is 0 Å². The molecule has 5 nitrogen and oxygen atoms in total. The summed E-state index contributed by atoms with van der Waals surface area (Å²) >= 11 is 0. The molecule has 0 atom stereocenters. The number of alkyl carbamates (subject to hydrolysis) is 1. The second-order valence-electron chi connectivity index (χ2n) is 4.63. The third-order valence-electron chi connectivity index (χ3n) is 1.94. The molecule has 1 aromatic heterocycles. The Hall–Kier alpha value is -1.85. The molecule has 0 saturated carbocycles. The predicted octanol–water partition coefficient (Wildman–Crippen LogP) is 2.25. The Balaban J connectivity index is 2.61. The molecule has 0 aliphatic heterocycles. The van der Waals surface area contributed by atoms with Gasteiger partial charge in [-0.3, -0.25) is 4.98 Å². The fourth-order valence-corrected chi connectivity index (χ4v) is 1.22. The summed E-state index contributed by atoms with van der Waals surface area (Å²) in [6.07, 6.45) is 0.792. The van der Waals surface area contributed by atoms with Crippen molar-refractivity contribution in [3.8, 4) is 5.75 Å². The van der Waals surface area contributed by atoms with Gasteiger partial charge in [-0.2, -0.15) is 0 Å². The van der Waals surface area contributed by atoms with Crippen LogP contribution in [0.15, 0.2) is 12.3 Å². The Morgan fingerprint density at radius 2 is 2.17 bits per heavy atom. The molecule has 0 spiro atoms. The summed E-state index contributed by atoms with van der Waals surface area (Å²) in [4.78, 5) is 15.2. The van der Waals surface area contributed by atoms with Crippen LogP contribution in [0.5, 0.6) is 5.75 Å². The highest BCUT2D eigenvalue weighted by Gasteiger charge is 2.17. The average molecular weight is 256 g/mol. The lowest BCUT2D eigenvalue weighted by Gasteiger charge is -2.19. The van der Waals surface area contributed by atoms with Crippen molar-refractivity contribution < 1.29 is 18.7 Å². The van der Waals surface area contributed by atoms with Gasteiger partial charge in [-0.05, 0) is 20.8 Å². The molecule has 18 heavy (non-hydrogen) atoms. The van der Waals surface area contributed by atoms with Gasteiger partial charge in [0.15, 0.2) is 11.6 Å². The van der Waals surface area contributed by atoms with Crippen LogP contribution in [0, 0.1) is 5.82 Å². The number of aromatic nitrogens is 1. The quantitative estimate of drug-likeness (QED) is 0.901. The van der Waals surface area contributed by atoms with Crippen molar-refractivity contribution in [2.24, 2.45) is 0 Å². The van der Waals surface area contributed by atoms with E-state index in [1.165, 1.54) is 19.4 Å². The molecule has 1 aromatic rings. The van der Waals surface area contributed by atoms with E-state index < -0.39 is 17.5 Å². The smallest absolute Gasteiger partial charge is 0.407 e. The Labute approximate surface area is 105 Å². The number of carbonyl (C=O) groups excluding carboxylic acids is 1. The van der Waals surface area contributed by atoms with Crippen LogP contribution in [-0.4, -0.2) is 23.8 Å². The van der Waals surface area contributed by atoms with Crippen molar-refractivity contribution in [2.45, 2.75) is 32.9 Å². The first-order valence-electron chi connectivity index (χ1n) is 5.47. The van der Waals surface area contributed by atoms with Gasteiger partial charge in [-0.1, -0.05) is 0 Å². The molecule has 0 radical (unpaired) electrons. The Morgan fingerprint density at radius 1 is 1.50 bits per heavy atom. The monoisotopic (exact) mass is 256 g/mol. The summed E-state index contributed by atoms with van der Waals surface area (Å²) in [6, 6.07) is 1.41. The molecule has 0 aromatic carbocycles. The van der Waals surface area contributed by atoms with Crippen LogP contribution in [0.25, 0.3) is 0 Å². The summed E-state index contributed by atoms with van der Waals surface area (Å²) in [5.74, 6) is -0.498. The van der Waals surface area contributed by atoms with Gasteiger partial charge in [0.25, 0.3) is 0 Å². The molecule has 1 heterocycles. The van der Waals surface area contributed by atoms with Crippen LogP contribution in [0.1, 0.15) is 26.5 Å². The minimum Gasteiger partial charge on any atom is -0.494 e. The molecule has 6 heteroatoms. The first-order valence-corrected chi connectivity index (χ1v) is 5.47. The summed E-state index contributed by atoms with van der Waals surface area (Å²) in [6.45, 7) is 5.18. The fraction of sp³-hybridized carbons (Fsp3) is 0.500. The van der Waals surface area contributed by atoms with Crippen molar-refractivity contribution in [2.75, 3.05) is 7.11 Å². The van der Waals surface area contributed by atoms with Crippen molar-refractivity contribution in [1.82, 2.24) is 10.3 Å². The molecule has 100 valence electrons. The predicted molar refractivity (Wildman–Crippen MR) is 63.8 cm³/mol. The number of hydrogen-bond acceptors (Lipinski definition) is 4. The Morgan fingerprint density at radius 3 is 2.72 bits per heavy atom. The standard InChI is InChI=1S/C12H17FN2O3/c1-12(2,3)18-11(16)15-7-8-10(13)9(17-4)5-6-14-8/h5-6H,7H2,1-4H3,(H,15,16). The normalized spacial score (nSPS) is 10.9. The van der Waals surface area contributed by atoms with E-state index in [2.05, 4.69) is 10.3 Å². The molecular formula is C12H17FN2O3. The van der Waals surface area contributed by atoms with E-state index in [0.717, 1.165) is 0 Å². The second-order valence-corrected chi connectivity index (χ2v) is 4.63. The lowest BCUT2D eigenvalue weighted by atomic mass is 10.2. The number of methoxy groups -OCH3 is 1. The van der Waals surface area contributed by atoms with Gasteiger partial charge in [0.1, 0.15) is 5.60 Å². The summed E-state index contributed by atoms with van der Waals surface area (Å²) < 4.78 is 23.5. The first kappa shape index (κ1) is 14.2. The van der Waals surface area contributed by atoms with E-state index in [0.29, 0.717) is 0 Å². The number of hydrogen-bond donors (Lipinski definition) is 1. The van der Waals surface area contributed by atoms with Gasteiger partial charge in [0.2, 0.25) is 0 Å². The molecular weight excluding hydrogens is 239 g/mol. The zero-order chi connectivity index (χ0) is 13.8. The highest BCUT2D eigenvalue weighted by Crippen LogP contribution is 2.17. The van der Waals surface area contributed by atoms with Gasteiger partial charge in [-0.15, -0.1) is 0 Å². The van der Waals surface area contributed by atoms with E-state index in [4.69, 9.17) is 9.47 Å². The number of nitrogens with one attached hydrogen (secondary N) is 1. The summed E-state index contributed by atoms with van der Waals surface area (Å²) in [5, 5.41) is 2.43. The Kier molecular flexibility index (Phi) is 4.47. The lowest BCUT2D eigenvalue weighted by Crippen LogP contribution is -2.32. The van der Waals surface area contributed by atoms with Crippen LogP contribution < -0.4 is 10.1 Å². The molecule has 0 saturated heterocycles. The fourth-order valence-electron chi connectivity index (χ4n) is 1.22. The van der Waals surface area contributed by atoms with Crippen LogP contribution in [-0.2, 0) is 11.3 Å². The highest BCUT2D eigenvalue weighted by molar-refractivity contribution is 5.67. The minimum atomic E-state index is -0.619. The van der Waals surface area contributed by atoms with Gasteiger partial charge < -0.3 is 14.8 Å². The topological polar surface area (TPSA) is 60.5 Å². The van der Waals surface area contributed by atoms with Crippen molar-refractivity contribution in [3.05, 3.63) is 23.8 Å². The van der Waals surface area contributed by atoms with E-state index in [9.17, 15) is 9.18 Å². The second kappa shape index (κ2) is 5.66. The minimum absolute atomic E-state index is 0.0576. The molecule has 1 rings (SSSR count). The lowest BCUT2D eigenvalue weighted by molar-refractivity contribution is 0.0522. The number of carbonyl (C=O) groups is 1. The third-order valence-corrected chi connectivity index (χ3v) is 1.94. The SMILES string of the molecule is COc1ccnc(CNC(=O)OC(C)(C)C)c1F. The van der Waals surface area contributed by atoms with Crippen molar-refractivity contribution in [3.63, 3.8) is 0 Å². The maximum Gasteiger partial charge on any atom is 0.407 e. The molecule has 0 aliphatic carbocycles. The molecule has 0 aliphatic rings. The number of rotatable bonds is 3. The maximum atomic E-state index is 13.7. The average Bonchev–Trinajstić information content (AvgIpc) is 2.25. The zero-order valence-electron chi connectivity index (χ0n) is 10.9. The number of ether oxygens (including phenoxy) is 2. The van der Waals surface area contributed by atoms with E-state index in [-0.39, 0.29) is 18.0 Å². The van der Waals surface area contributed by atoms with Crippen LogP contribution >= 0.6 is 0 Å². The van der Waals surface area contributed by atoms with E-state index >= 15 is 0 Å². The van der Waals surface area contributed by atoms with Gasteiger partial charge in [-0.25, -0.2) is 9.18 Å². The van der Waals surface area contributed by atoms with Gasteiger partial charge >= 0.3 is 6.09 Å². The van der Waals surface area contributed by atoms with Gasteiger partial charge in [0, 0.05) is 12.3 Å². The first-order chi connectivity index (χ1) is 8.33. The van der Waals surface area contributed by atoms with Gasteiger partial charge in [0.05, 0.1) is 19.3 Å². The molecule has 0 unspecified atom stereocenters.